The minimum atomic E-state index is 0.159. The molecule has 0 aliphatic carbocycles. The van der Waals surface area contributed by atoms with E-state index >= 15 is 0 Å². The van der Waals surface area contributed by atoms with Crippen molar-refractivity contribution >= 4 is 38.9 Å². The Kier molecular flexibility index (Phi) is 5.15. The molecule has 2 nitrogen and oxygen atoms in total. The minimum absolute atomic E-state index is 0.159. The van der Waals surface area contributed by atoms with Gasteiger partial charge in [0.25, 0.3) is 0 Å². The van der Waals surface area contributed by atoms with Gasteiger partial charge in [0.15, 0.2) is 5.11 Å². The summed E-state index contributed by atoms with van der Waals surface area (Å²) in [5.41, 5.74) is 3.41. The van der Waals surface area contributed by atoms with Gasteiger partial charge in [-0.25, -0.2) is 0 Å². The molecule has 2 aromatic carbocycles. The molecular weight excluding hydrogens is 332 g/mol. The maximum Gasteiger partial charge on any atom is 0.171 e. The summed E-state index contributed by atoms with van der Waals surface area (Å²) in [5, 5.41) is 7.16. The summed E-state index contributed by atoms with van der Waals surface area (Å²) in [4.78, 5) is 0. The molecule has 2 rings (SSSR count). The maximum absolute atomic E-state index is 5.37. The smallest absolute Gasteiger partial charge is 0.171 e. The van der Waals surface area contributed by atoms with E-state index in [0.29, 0.717) is 5.11 Å². The van der Waals surface area contributed by atoms with Crippen molar-refractivity contribution < 1.29 is 0 Å². The highest BCUT2D eigenvalue weighted by atomic mass is 79.9. The van der Waals surface area contributed by atoms with E-state index in [2.05, 4.69) is 58.6 Å². The maximum atomic E-state index is 5.37. The summed E-state index contributed by atoms with van der Waals surface area (Å²) in [7, 11) is 0. The third-order valence-corrected chi connectivity index (χ3v) is 3.86. The zero-order chi connectivity index (χ0) is 14.5. The molecule has 4 heteroatoms. The number of hydrogen-bond donors (Lipinski definition) is 2. The topological polar surface area (TPSA) is 24.1 Å². The molecule has 2 N–H and O–H groups in total. The van der Waals surface area contributed by atoms with E-state index in [1.165, 1.54) is 11.1 Å². The number of halogens is 1. The molecule has 0 aliphatic heterocycles. The minimum Gasteiger partial charge on any atom is -0.356 e. The molecule has 0 amide bonds. The zero-order valence-corrected chi connectivity index (χ0v) is 13.9. The summed E-state index contributed by atoms with van der Waals surface area (Å²) in [6.45, 7) is 4.15. The molecule has 0 saturated heterocycles. The quantitative estimate of drug-likeness (QED) is 0.778. The van der Waals surface area contributed by atoms with Gasteiger partial charge in [0.1, 0.15) is 0 Å². The normalized spacial score (nSPS) is 11.8. The van der Waals surface area contributed by atoms with Crippen molar-refractivity contribution in [1.29, 1.82) is 0 Å². The van der Waals surface area contributed by atoms with Gasteiger partial charge >= 0.3 is 0 Å². The first-order valence-electron chi connectivity index (χ1n) is 6.45. The van der Waals surface area contributed by atoms with Crippen LogP contribution in [0, 0.1) is 6.92 Å². The monoisotopic (exact) mass is 348 g/mol. The fourth-order valence-corrected chi connectivity index (χ4v) is 2.45. The van der Waals surface area contributed by atoms with E-state index in [-0.39, 0.29) is 6.04 Å². The molecule has 104 valence electrons. The number of nitrogens with one attached hydrogen (secondary N) is 2. The molecule has 0 fully saturated rings. The number of rotatable bonds is 3. The SMILES string of the molecule is Cc1ccccc1NC(=S)N[C@@H](C)c1ccc(Br)cc1. The second-order valence-electron chi connectivity index (χ2n) is 4.69. The fraction of sp³-hybridized carbons (Fsp3) is 0.188. The van der Waals surface area contributed by atoms with Gasteiger partial charge < -0.3 is 10.6 Å². The number of aryl methyl sites for hydroxylation is 1. The van der Waals surface area contributed by atoms with E-state index in [1.54, 1.807) is 0 Å². The molecule has 0 heterocycles. The van der Waals surface area contributed by atoms with Crippen molar-refractivity contribution in [2.75, 3.05) is 5.32 Å². The number of benzene rings is 2. The van der Waals surface area contributed by atoms with Gasteiger partial charge in [-0.2, -0.15) is 0 Å². The Balaban J connectivity index is 1.98. The predicted octanol–water partition coefficient (Wildman–Crippen LogP) is 4.81. The molecule has 0 bridgehead atoms. The first-order valence-corrected chi connectivity index (χ1v) is 7.65. The highest BCUT2D eigenvalue weighted by Gasteiger charge is 2.07. The van der Waals surface area contributed by atoms with Crippen molar-refractivity contribution in [3.05, 3.63) is 64.1 Å². The van der Waals surface area contributed by atoms with Crippen LogP contribution in [0.25, 0.3) is 0 Å². The van der Waals surface area contributed by atoms with E-state index in [9.17, 15) is 0 Å². The summed E-state index contributed by atoms with van der Waals surface area (Å²) < 4.78 is 1.08. The van der Waals surface area contributed by atoms with Crippen LogP contribution in [0.4, 0.5) is 5.69 Å². The Labute approximate surface area is 133 Å². The van der Waals surface area contributed by atoms with Crippen LogP contribution >= 0.6 is 28.1 Å². The van der Waals surface area contributed by atoms with Crippen LogP contribution in [-0.2, 0) is 0 Å². The van der Waals surface area contributed by atoms with Crippen LogP contribution in [-0.4, -0.2) is 5.11 Å². The van der Waals surface area contributed by atoms with Crippen LogP contribution in [0.2, 0.25) is 0 Å². The van der Waals surface area contributed by atoms with Crippen LogP contribution in [0.5, 0.6) is 0 Å². The van der Waals surface area contributed by atoms with Crippen LogP contribution in [0.1, 0.15) is 24.1 Å². The van der Waals surface area contributed by atoms with Crippen molar-refractivity contribution in [3.63, 3.8) is 0 Å². The van der Waals surface area contributed by atoms with Crippen molar-refractivity contribution in [3.8, 4) is 0 Å². The van der Waals surface area contributed by atoms with Crippen LogP contribution < -0.4 is 10.6 Å². The lowest BCUT2D eigenvalue weighted by molar-refractivity contribution is 0.722. The Hall–Kier alpha value is -1.39. The predicted molar refractivity (Wildman–Crippen MR) is 93.1 cm³/mol. The molecule has 0 radical (unpaired) electrons. The van der Waals surface area contributed by atoms with Crippen LogP contribution in [0.3, 0.4) is 0 Å². The molecular formula is C16H17BrN2S. The van der Waals surface area contributed by atoms with Gasteiger partial charge in [-0.05, 0) is 55.4 Å². The van der Waals surface area contributed by atoms with E-state index < -0.39 is 0 Å². The Morgan fingerprint density at radius 2 is 1.75 bits per heavy atom. The number of hydrogen-bond acceptors (Lipinski definition) is 1. The van der Waals surface area contributed by atoms with Crippen molar-refractivity contribution in [2.24, 2.45) is 0 Å². The number of para-hydroxylation sites is 1. The van der Waals surface area contributed by atoms with Gasteiger partial charge in [0.05, 0.1) is 6.04 Å². The highest BCUT2D eigenvalue weighted by Crippen LogP contribution is 2.17. The molecule has 2 aromatic rings. The third kappa shape index (κ3) is 4.05. The third-order valence-electron chi connectivity index (χ3n) is 3.11. The van der Waals surface area contributed by atoms with E-state index in [0.717, 1.165) is 10.2 Å². The van der Waals surface area contributed by atoms with Crippen LogP contribution in [0.15, 0.2) is 53.0 Å². The largest absolute Gasteiger partial charge is 0.356 e. The van der Waals surface area contributed by atoms with Gasteiger partial charge in [-0.1, -0.05) is 46.3 Å². The summed E-state index contributed by atoms with van der Waals surface area (Å²) >= 11 is 8.81. The van der Waals surface area contributed by atoms with E-state index in [1.807, 2.05) is 30.3 Å². The molecule has 0 aromatic heterocycles. The highest BCUT2D eigenvalue weighted by molar-refractivity contribution is 9.10. The Bertz CT molecular complexity index is 596. The summed E-state index contributed by atoms with van der Waals surface area (Å²) in [6, 6.07) is 16.5. The van der Waals surface area contributed by atoms with Crippen molar-refractivity contribution in [1.82, 2.24) is 5.32 Å². The zero-order valence-electron chi connectivity index (χ0n) is 11.5. The van der Waals surface area contributed by atoms with E-state index in [4.69, 9.17) is 12.2 Å². The molecule has 0 spiro atoms. The Morgan fingerprint density at radius 3 is 2.40 bits per heavy atom. The molecule has 0 saturated carbocycles. The molecule has 0 unspecified atom stereocenters. The molecule has 0 aliphatic rings. The second kappa shape index (κ2) is 6.86. The Morgan fingerprint density at radius 1 is 1.10 bits per heavy atom. The summed E-state index contributed by atoms with van der Waals surface area (Å²) in [6.07, 6.45) is 0. The lowest BCUT2D eigenvalue weighted by Gasteiger charge is -2.18. The first kappa shape index (κ1) is 15.0. The lowest BCUT2D eigenvalue weighted by Crippen LogP contribution is -2.31. The van der Waals surface area contributed by atoms with Gasteiger partial charge in [-0.3, -0.25) is 0 Å². The van der Waals surface area contributed by atoms with Gasteiger partial charge in [0, 0.05) is 10.2 Å². The lowest BCUT2D eigenvalue weighted by atomic mass is 10.1. The number of anilines is 1. The first-order chi connectivity index (χ1) is 9.56. The van der Waals surface area contributed by atoms with Gasteiger partial charge in [-0.15, -0.1) is 0 Å². The van der Waals surface area contributed by atoms with Crippen molar-refractivity contribution in [2.45, 2.75) is 19.9 Å². The molecule has 1 atom stereocenters. The number of thiocarbonyl (C=S) groups is 1. The average molecular weight is 349 g/mol. The molecule has 20 heavy (non-hydrogen) atoms. The average Bonchev–Trinajstić information content (AvgIpc) is 2.42. The summed E-state index contributed by atoms with van der Waals surface area (Å²) in [5.74, 6) is 0. The second-order valence-corrected chi connectivity index (χ2v) is 6.01. The standard InChI is InChI=1S/C16H17BrN2S/c1-11-5-3-4-6-15(11)19-16(20)18-12(2)13-7-9-14(17)10-8-13/h3-10,12H,1-2H3,(H2,18,19,20)/t12-/m0/s1. The fourth-order valence-electron chi connectivity index (χ4n) is 1.90. The van der Waals surface area contributed by atoms with Gasteiger partial charge in [0.2, 0.25) is 0 Å².